The molecule has 0 amide bonds. The smallest absolute Gasteiger partial charge is 0.372 e. The first-order valence-corrected chi connectivity index (χ1v) is 3.23. The average Bonchev–Trinajstić information content (AvgIpc) is 2.30. The maximum absolute atomic E-state index is 10.7. The molecule has 68 valence electrons. The van der Waals surface area contributed by atoms with Crippen LogP contribution in [-0.4, -0.2) is 28.8 Å². The molecule has 13 heavy (non-hydrogen) atoms. The van der Waals surface area contributed by atoms with Crippen LogP contribution in [-0.2, 0) is 23.9 Å². The van der Waals surface area contributed by atoms with Gasteiger partial charge in [-0.3, -0.25) is 4.79 Å². The van der Waals surface area contributed by atoms with Gasteiger partial charge in [0.15, 0.2) is 0 Å². The predicted octanol–water partition coefficient (Wildman–Crippen LogP) is -0.960. The van der Waals surface area contributed by atoms with Gasteiger partial charge >= 0.3 is 17.9 Å². The number of cyclic esters (lactones) is 2. The Morgan fingerprint density at radius 3 is 2.38 bits per heavy atom. The second-order valence-electron chi connectivity index (χ2n) is 2.28. The minimum Gasteiger partial charge on any atom is -0.475 e. The summed E-state index contributed by atoms with van der Waals surface area (Å²) in [5, 5.41) is 8.18. The van der Waals surface area contributed by atoms with E-state index in [9.17, 15) is 19.2 Å². The number of aliphatic carboxylic acids is 1. The van der Waals surface area contributed by atoms with Gasteiger partial charge in [0, 0.05) is 6.08 Å². The Hall–Kier alpha value is -1.98. The van der Waals surface area contributed by atoms with Crippen LogP contribution in [0.25, 0.3) is 0 Å². The maximum atomic E-state index is 10.7. The zero-order valence-electron chi connectivity index (χ0n) is 6.27. The molecule has 0 aromatic carbocycles. The van der Waals surface area contributed by atoms with Crippen LogP contribution >= 0.6 is 0 Å². The third kappa shape index (κ3) is 1.98. The van der Waals surface area contributed by atoms with E-state index in [0.29, 0.717) is 0 Å². The van der Waals surface area contributed by atoms with Crippen LogP contribution < -0.4 is 0 Å². The molecule has 6 nitrogen and oxygen atoms in total. The van der Waals surface area contributed by atoms with Gasteiger partial charge in [0.1, 0.15) is 0 Å². The van der Waals surface area contributed by atoms with Crippen LogP contribution in [0.4, 0.5) is 0 Å². The summed E-state index contributed by atoms with van der Waals surface area (Å²) in [4.78, 5) is 41.8. The number of ether oxygens (including phenoxy) is 1. The Balaban J connectivity index is 2.70. The largest absolute Gasteiger partial charge is 0.475 e. The number of hydrogen-bond acceptors (Lipinski definition) is 5. The van der Waals surface area contributed by atoms with Gasteiger partial charge in [0.2, 0.25) is 5.78 Å². The first-order chi connectivity index (χ1) is 6.00. The number of ketones is 1. The molecule has 0 aliphatic carbocycles. The van der Waals surface area contributed by atoms with Gasteiger partial charge < -0.3 is 9.84 Å². The monoisotopic (exact) mass is 184 g/mol. The fourth-order valence-corrected chi connectivity index (χ4v) is 0.759. The highest BCUT2D eigenvalue weighted by Crippen LogP contribution is 2.12. The first-order valence-electron chi connectivity index (χ1n) is 3.23. The van der Waals surface area contributed by atoms with E-state index in [1.54, 1.807) is 0 Å². The molecule has 0 radical (unpaired) electrons. The quantitative estimate of drug-likeness (QED) is 0.344. The number of esters is 2. The number of carboxylic acids is 1. The third-order valence-electron chi connectivity index (χ3n) is 1.34. The maximum Gasteiger partial charge on any atom is 0.372 e. The highest BCUT2D eigenvalue weighted by Gasteiger charge is 2.27. The summed E-state index contributed by atoms with van der Waals surface area (Å²) >= 11 is 0. The summed E-state index contributed by atoms with van der Waals surface area (Å²) in [6.07, 6.45) is 0.197. The summed E-state index contributed by atoms with van der Waals surface area (Å²) in [5.74, 6) is -4.64. The Labute approximate surface area is 71.8 Å². The van der Waals surface area contributed by atoms with Crippen LogP contribution in [0.5, 0.6) is 0 Å². The van der Waals surface area contributed by atoms with E-state index >= 15 is 0 Å². The van der Waals surface area contributed by atoms with Crippen LogP contribution in [0, 0.1) is 0 Å². The molecule has 1 N–H and O–H groups in total. The molecular formula is C7H4O6. The molecule has 0 unspecified atom stereocenters. The first kappa shape index (κ1) is 9.11. The highest BCUT2D eigenvalue weighted by atomic mass is 16.6. The zero-order chi connectivity index (χ0) is 10.0. The van der Waals surface area contributed by atoms with Crippen molar-refractivity contribution in [3.8, 4) is 0 Å². The molecule has 0 fully saturated rings. The SMILES string of the molecule is O=C1C=C(CC(=O)C(=O)O)C(=O)O1. The minimum absolute atomic E-state index is 0.225. The third-order valence-corrected chi connectivity index (χ3v) is 1.34. The lowest BCUT2D eigenvalue weighted by Crippen LogP contribution is -2.15. The van der Waals surface area contributed by atoms with E-state index in [4.69, 9.17) is 5.11 Å². The molecule has 0 aromatic rings. The molecule has 0 bridgehead atoms. The number of carboxylic acid groups (broad SMARTS) is 1. The van der Waals surface area contributed by atoms with Crippen molar-refractivity contribution in [2.75, 3.05) is 0 Å². The number of hydrogen-bond donors (Lipinski definition) is 1. The summed E-state index contributed by atoms with van der Waals surface area (Å²) in [6.45, 7) is 0. The molecule has 0 saturated carbocycles. The van der Waals surface area contributed by atoms with Crippen molar-refractivity contribution < 1.29 is 29.0 Å². The summed E-state index contributed by atoms with van der Waals surface area (Å²) in [7, 11) is 0. The van der Waals surface area contributed by atoms with Gasteiger partial charge in [-0.2, -0.15) is 0 Å². The molecule has 0 aromatic heterocycles. The highest BCUT2D eigenvalue weighted by molar-refractivity contribution is 6.34. The van der Waals surface area contributed by atoms with Crippen molar-refractivity contribution in [2.45, 2.75) is 6.42 Å². The Morgan fingerprint density at radius 2 is 2.00 bits per heavy atom. The number of carbonyl (C=O) groups excluding carboxylic acids is 3. The van der Waals surface area contributed by atoms with E-state index in [-0.39, 0.29) is 5.57 Å². The van der Waals surface area contributed by atoms with Crippen LogP contribution in [0.3, 0.4) is 0 Å². The van der Waals surface area contributed by atoms with Crippen molar-refractivity contribution in [1.29, 1.82) is 0 Å². The van der Waals surface area contributed by atoms with E-state index in [0.717, 1.165) is 6.08 Å². The van der Waals surface area contributed by atoms with Gasteiger partial charge in [0.05, 0.1) is 12.0 Å². The molecule has 1 heterocycles. The predicted molar refractivity (Wildman–Crippen MR) is 36.4 cm³/mol. The lowest BCUT2D eigenvalue weighted by atomic mass is 10.1. The van der Waals surface area contributed by atoms with Crippen molar-refractivity contribution in [2.24, 2.45) is 0 Å². The summed E-state index contributed by atoms with van der Waals surface area (Å²) in [5.41, 5.74) is -0.225. The normalized spacial score (nSPS) is 15.2. The van der Waals surface area contributed by atoms with Gasteiger partial charge in [-0.1, -0.05) is 0 Å². The molecule has 0 saturated heterocycles. The van der Waals surface area contributed by atoms with Gasteiger partial charge in [-0.25, -0.2) is 14.4 Å². The lowest BCUT2D eigenvalue weighted by molar-refractivity contribution is -0.151. The van der Waals surface area contributed by atoms with Crippen molar-refractivity contribution >= 4 is 23.7 Å². The molecular weight excluding hydrogens is 180 g/mol. The topological polar surface area (TPSA) is 97.7 Å². The van der Waals surface area contributed by atoms with Crippen LogP contribution in [0.1, 0.15) is 6.42 Å². The summed E-state index contributed by atoms with van der Waals surface area (Å²) in [6, 6.07) is 0. The van der Waals surface area contributed by atoms with E-state index < -0.39 is 30.1 Å². The molecule has 6 heteroatoms. The Morgan fingerprint density at radius 1 is 1.38 bits per heavy atom. The zero-order valence-corrected chi connectivity index (χ0v) is 6.27. The molecule has 0 spiro atoms. The Kier molecular flexibility index (Phi) is 2.23. The van der Waals surface area contributed by atoms with Crippen LogP contribution in [0.2, 0.25) is 0 Å². The molecule has 1 rings (SSSR count). The molecule has 1 aliphatic heterocycles. The van der Waals surface area contributed by atoms with Gasteiger partial charge in [-0.15, -0.1) is 0 Å². The van der Waals surface area contributed by atoms with E-state index in [2.05, 4.69) is 4.74 Å². The molecule has 1 aliphatic rings. The van der Waals surface area contributed by atoms with E-state index in [1.807, 2.05) is 0 Å². The fourth-order valence-electron chi connectivity index (χ4n) is 0.759. The van der Waals surface area contributed by atoms with Crippen molar-refractivity contribution in [3.05, 3.63) is 11.6 Å². The minimum atomic E-state index is -1.65. The summed E-state index contributed by atoms with van der Waals surface area (Å²) < 4.78 is 4.04. The number of rotatable bonds is 3. The second kappa shape index (κ2) is 3.18. The fraction of sp³-hybridized carbons (Fsp3) is 0.143. The molecule has 0 atom stereocenters. The van der Waals surface area contributed by atoms with Crippen molar-refractivity contribution in [3.63, 3.8) is 0 Å². The average molecular weight is 184 g/mol. The van der Waals surface area contributed by atoms with E-state index in [1.165, 1.54) is 0 Å². The van der Waals surface area contributed by atoms with Gasteiger partial charge in [0.25, 0.3) is 0 Å². The number of carbonyl (C=O) groups is 4. The standard InChI is InChI=1S/C7H4O6/c8-4(6(10)11)1-3-2-5(9)13-7(3)12/h2H,1H2,(H,10,11). The van der Waals surface area contributed by atoms with Crippen molar-refractivity contribution in [1.82, 2.24) is 0 Å². The lowest BCUT2D eigenvalue weighted by Gasteiger charge is -1.93. The number of Topliss-reactive ketones (excluding diaryl/α,β-unsaturated/α-hetero) is 1. The second-order valence-corrected chi connectivity index (χ2v) is 2.28. The van der Waals surface area contributed by atoms with Gasteiger partial charge in [-0.05, 0) is 0 Å². The van der Waals surface area contributed by atoms with Crippen LogP contribution in [0.15, 0.2) is 11.6 Å². The Bertz CT molecular complexity index is 337.